The highest BCUT2D eigenvalue weighted by Gasteiger charge is 2.51. The molecule has 1 amide bonds. The summed E-state index contributed by atoms with van der Waals surface area (Å²) in [5, 5.41) is 12.6. The summed E-state index contributed by atoms with van der Waals surface area (Å²) in [4.78, 5) is 22.3. The number of piperazine rings is 1. The van der Waals surface area contributed by atoms with Gasteiger partial charge in [0.05, 0.1) is 17.4 Å². The molecule has 8 nitrogen and oxygen atoms in total. The Labute approximate surface area is 254 Å². The molecule has 41 heavy (non-hydrogen) atoms. The number of fused-ring (bicyclic) bond motifs is 2. The molecule has 3 fully saturated rings. The predicted molar refractivity (Wildman–Crippen MR) is 158 cm³/mol. The molecule has 222 valence electrons. The molecule has 3 aliphatic rings. The Morgan fingerprint density at radius 1 is 1.24 bits per heavy atom. The molecule has 2 bridgehead atoms. The number of nitrogens with one attached hydrogen (secondary N) is 1. The number of halogens is 5. The maximum Gasteiger partial charge on any atom is 0.419 e. The van der Waals surface area contributed by atoms with Gasteiger partial charge in [0.2, 0.25) is 0 Å². The molecule has 3 saturated heterocycles. The number of pyridine rings is 1. The van der Waals surface area contributed by atoms with E-state index >= 15 is 0 Å². The van der Waals surface area contributed by atoms with Crippen molar-refractivity contribution in [2.75, 3.05) is 36.0 Å². The van der Waals surface area contributed by atoms with Crippen molar-refractivity contribution in [3.05, 3.63) is 47.3 Å². The van der Waals surface area contributed by atoms with Crippen molar-refractivity contribution in [2.45, 2.75) is 57.4 Å². The second-order valence-corrected chi connectivity index (χ2v) is 10.9. The van der Waals surface area contributed by atoms with Gasteiger partial charge in [-0.3, -0.25) is 14.6 Å². The lowest BCUT2D eigenvalue weighted by Gasteiger charge is -2.30. The van der Waals surface area contributed by atoms with E-state index in [-0.39, 0.29) is 35.6 Å². The number of anilines is 2. The summed E-state index contributed by atoms with van der Waals surface area (Å²) >= 11 is 5.63. The minimum absolute atomic E-state index is 0. The Kier molecular flexibility index (Phi) is 9.82. The number of likely N-dealkylation sites (tertiary alicyclic amines) is 1. The number of aryl methyl sites for hydroxylation is 1. The third-order valence-corrected chi connectivity index (χ3v) is 8.07. The van der Waals surface area contributed by atoms with Crippen LogP contribution in [0.5, 0.6) is 5.75 Å². The second kappa shape index (κ2) is 12.3. The van der Waals surface area contributed by atoms with Crippen LogP contribution < -0.4 is 19.9 Å². The van der Waals surface area contributed by atoms with Crippen LogP contribution in [0.2, 0.25) is 0 Å². The van der Waals surface area contributed by atoms with Gasteiger partial charge in [0.1, 0.15) is 24.0 Å². The van der Waals surface area contributed by atoms with Crippen molar-refractivity contribution in [2.24, 2.45) is 0 Å². The van der Waals surface area contributed by atoms with Crippen LogP contribution >= 0.6 is 37.0 Å². The molecule has 0 radical (unpaired) electrons. The Hall–Kier alpha value is -2.69. The van der Waals surface area contributed by atoms with E-state index < -0.39 is 28.9 Å². The number of amides is 1. The molecule has 1 aromatic heterocycles. The summed E-state index contributed by atoms with van der Waals surface area (Å²) in [5.41, 5.74) is -1.75. The fraction of sp³-hybridized carbons (Fsp3) is 0.481. The zero-order valence-electron chi connectivity index (χ0n) is 22.7. The van der Waals surface area contributed by atoms with Crippen LogP contribution in [0.1, 0.15) is 44.0 Å². The zero-order chi connectivity index (χ0) is 28.1. The molecule has 1 N–H and O–H groups in total. The van der Waals surface area contributed by atoms with Gasteiger partial charge in [0.15, 0.2) is 10.8 Å². The monoisotopic (exact) mass is 630 g/mol. The van der Waals surface area contributed by atoms with E-state index in [2.05, 4.69) is 15.2 Å². The Balaban J connectivity index is 0.00000231. The van der Waals surface area contributed by atoms with Gasteiger partial charge >= 0.3 is 6.18 Å². The minimum atomic E-state index is -4.81. The Morgan fingerprint density at radius 2 is 1.98 bits per heavy atom. The highest BCUT2D eigenvalue weighted by molar-refractivity contribution is 7.81. The van der Waals surface area contributed by atoms with Crippen molar-refractivity contribution in [3.8, 4) is 11.8 Å². The van der Waals surface area contributed by atoms with Crippen molar-refractivity contribution in [3.63, 3.8) is 0 Å². The zero-order valence-corrected chi connectivity index (χ0v) is 25.1. The number of alkyl halides is 3. The van der Waals surface area contributed by atoms with Crippen molar-refractivity contribution >= 4 is 59.4 Å². The highest BCUT2D eigenvalue weighted by atomic mass is 35.5. The fourth-order valence-electron chi connectivity index (χ4n) is 5.65. The van der Waals surface area contributed by atoms with Gasteiger partial charge in [0, 0.05) is 37.4 Å². The number of benzene rings is 1. The molecule has 0 aliphatic carbocycles. The number of hydrogen-bond donors (Lipinski definition) is 1. The summed E-state index contributed by atoms with van der Waals surface area (Å²) < 4.78 is 46.9. The molecular weight excluding hydrogens is 600 g/mol. The molecule has 2 aromatic rings. The number of rotatable bonds is 7. The number of thiocarbonyl (C=S) groups is 1. The summed E-state index contributed by atoms with van der Waals surface area (Å²) in [7, 11) is 0. The molecule has 14 heteroatoms. The molecule has 4 heterocycles. The maximum atomic E-state index is 13.6. The molecule has 0 saturated carbocycles. The van der Waals surface area contributed by atoms with Crippen molar-refractivity contribution in [1.29, 1.82) is 5.26 Å². The number of carbonyl (C=O) groups excluding carboxylic acids is 1. The summed E-state index contributed by atoms with van der Waals surface area (Å²) in [6.07, 6.45) is -1.89. The molecule has 2 atom stereocenters. The fourth-order valence-corrected chi connectivity index (χ4v) is 6.18. The third-order valence-electron chi connectivity index (χ3n) is 7.70. The van der Waals surface area contributed by atoms with E-state index in [9.17, 15) is 18.0 Å². The number of carbonyl (C=O) groups is 1. The maximum absolute atomic E-state index is 13.6. The average Bonchev–Trinajstić information content (AvgIpc) is 3.56. The van der Waals surface area contributed by atoms with E-state index in [0.29, 0.717) is 30.8 Å². The number of aromatic nitrogens is 1. The van der Waals surface area contributed by atoms with Gasteiger partial charge in [-0.1, -0.05) is 6.92 Å². The van der Waals surface area contributed by atoms with Crippen LogP contribution in [-0.4, -0.2) is 64.8 Å². The molecule has 0 unspecified atom stereocenters. The Morgan fingerprint density at radius 3 is 2.56 bits per heavy atom. The molecular formula is C27H31Cl2F3N6O2S. The lowest BCUT2D eigenvalue weighted by molar-refractivity contribution is -0.138. The van der Waals surface area contributed by atoms with E-state index in [4.69, 9.17) is 22.2 Å². The van der Waals surface area contributed by atoms with E-state index in [0.717, 1.165) is 48.1 Å². The van der Waals surface area contributed by atoms with Gasteiger partial charge in [-0.05, 0) is 68.7 Å². The SMILES string of the molecule is CCc1cc(N2C(=S)N(c3cnc(C#N)c(C(F)(F)F)c3)C(=O)C2(C)C)ccc1OCCN1C[C@@H]2C[C@H]1CN2.Cl.Cl. The first-order valence-electron chi connectivity index (χ1n) is 12.8. The van der Waals surface area contributed by atoms with Crippen molar-refractivity contribution < 1.29 is 22.7 Å². The van der Waals surface area contributed by atoms with Crippen LogP contribution in [-0.2, 0) is 17.4 Å². The van der Waals surface area contributed by atoms with Gasteiger partial charge in [0.25, 0.3) is 5.91 Å². The van der Waals surface area contributed by atoms with Gasteiger partial charge in [-0.15, -0.1) is 24.8 Å². The standard InChI is InChI=1S/C27H29F3N6O2S.2ClH/c1-4-16-9-18(5-6-23(16)38-8-7-34-15-17-10-19(34)13-32-17)36-25(39)35(24(37)26(36,2)3)20-11-21(27(28,29)30)22(12-31)33-14-20;;/h5-6,9,11,14,17,19,32H,4,7-8,10,13,15H2,1-3H3;2*1H/t17-,19-;;/m0../s1. The first kappa shape index (κ1) is 32.8. The number of nitrogens with zero attached hydrogens (tertiary/aromatic N) is 5. The smallest absolute Gasteiger partial charge is 0.419 e. The number of nitriles is 1. The van der Waals surface area contributed by atoms with E-state index in [1.54, 1.807) is 24.8 Å². The van der Waals surface area contributed by atoms with E-state index in [1.165, 1.54) is 12.5 Å². The predicted octanol–water partition coefficient (Wildman–Crippen LogP) is 4.72. The van der Waals surface area contributed by atoms with Gasteiger partial charge < -0.3 is 15.0 Å². The van der Waals surface area contributed by atoms with Crippen LogP contribution in [0.4, 0.5) is 24.5 Å². The lowest BCUT2D eigenvalue weighted by Crippen LogP contribution is -2.45. The lowest BCUT2D eigenvalue weighted by atomic mass is 10.0. The quantitative estimate of drug-likeness (QED) is 0.440. The molecule has 3 aliphatic heterocycles. The summed E-state index contributed by atoms with van der Waals surface area (Å²) in [6, 6.07) is 8.91. The summed E-state index contributed by atoms with van der Waals surface area (Å²) in [6.45, 7) is 8.80. The first-order chi connectivity index (χ1) is 18.5. The average molecular weight is 632 g/mol. The molecule has 5 rings (SSSR count). The van der Waals surface area contributed by atoms with Crippen LogP contribution in [0.25, 0.3) is 0 Å². The van der Waals surface area contributed by atoms with Crippen LogP contribution in [0, 0.1) is 11.3 Å². The second-order valence-electron chi connectivity index (χ2n) is 10.5. The summed E-state index contributed by atoms with van der Waals surface area (Å²) in [5.74, 6) is 0.251. The number of hydrogen-bond acceptors (Lipinski definition) is 7. The van der Waals surface area contributed by atoms with Crippen LogP contribution in [0.15, 0.2) is 30.5 Å². The normalized spacial score (nSPS) is 21.5. The van der Waals surface area contributed by atoms with Gasteiger partial charge in [-0.2, -0.15) is 18.4 Å². The van der Waals surface area contributed by atoms with Crippen LogP contribution in [0.3, 0.4) is 0 Å². The minimum Gasteiger partial charge on any atom is -0.492 e. The molecule has 0 spiro atoms. The highest BCUT2D eigenvalue weighted by Crippen LogP contribution is 2.40. The van der Waals surface area contributed by atoms with Gasteiger partial charge in [-0.25, -0.2) is 4.98 Å². The topological polar surface area (TPSA) is 84.7 Å². The Bertz CT molecular complexity index is 1370. The first-order valence-corrected chi connectivity index (χ1v) is 13.3. The molecule has 1 aromatic carbocycles. The van der Waals surface area contributed by atoms with E-state index in [1.807, 2.05) is 19.1 Å². The third kappa shape index (κ3) is 5.96. The largest absolute Gasteiger partial charge is 0.492 e. The number of ether oxygens (including phenoxy) is 1. The van der Waals surface area contributed by atoms with Crippen molar-refractivity contribution in [1.82, 2.24) is 15.2 Å².